The van der Waals surface area contributed by atoms with Crippen molar-refractivity contribution >= 4 is 17.4 Å². The first kappa shape index (κ1) is 18.2. The number of anilines is 2. The number of nitrogens with one attached hydrogen (secondary N) is 1. The lowest BCUT2D eigenvalue weighted by Crippen LogP contribution is -2.30. The van der Waals surface area contributed by atoms with Gasteiger partial charge in [-0.3, -0.25) is 4.79 Å². The molecular weight excluding hydrogens is 336 g/mol. The molecule has 1 aromatic heterocycles. The molecular formula is C22H20N4O. The lowest BCUT2D eigenvalue weighted by Gasteiger charge is -2.21. The van der Waals surface area contributed by atoms with Gasteiger partial charge in [-0.1, -0.05) is 42.5 Å². The average molecular weight is 356 g/mol. The lowest BCUT2D eigenvalue weighted by molar-refractivity contribution is 0.0752. The standard InChI is InChI=1S/C22H20N4O/c1-2-26(16-17-8-4-3-5-9-17)22(27)18-12-13-24-21(14-18)25-20-11-7-6-10-19(20)15-23/h3-14H,2,16H2,1H3,(H,24,25). The van der Waals surface area contributed by atoms with Crippen molar-refractivity contribution in [1.82, 2.24) is 9.88 Å². The van der Waals surface area contributed by atoms with Gasteiger partial charge in [-0.2, -0.15) is 5.26 Å². The molecule has 5 nitrogen and oxygen atoms in total. The van der Waals surface area contributed by atoms with Crippen molar-refractivity contribution in [3.8, 4) is 6.07 Å². The maximum Gasteiger partial charge on any atom is 0.254 e. The summed E-state index contributed by atoms with van der Waals surface area (Å²) in [6.45, 7) is 3.12. The minimum absolute atomic E-state index is 0.0552. The molecule has 5 heteroatoms. The van der Waals surface area contributed by atoms with E-state index in [1.165, 1.54) is 0 Å². The molecule has 3 aromatic rings. The number of amides is 1. The molecule has 0 atom stereocenters. The molecule has 2 aromatic carbocycles. The van der Waals surface area contributed by atoms with E-state index in [9.17, 15) is 10.1 Å². The zero-order valence-electron chi connectivity index (χ0n) is 15.1. The van der Waals surface area contributed by atoms with Crippen molar-refractivity contribution in [2.24, 2.45) is 0 Å². The first-order valence-electron chi connectivity index (χ1n) is 8.76. The fraction of sp³-hybridized carbons (Fsp3) is 0.136. The fourth-order valence-electron chi connectivity index (χ4n) is 2.77. The Balaban J connectivity index is 1.79. The SMILES string of the molecule is CCN(Cc1ccccc1)C(=O)c1ccnc(Nc2ccccc2C#N)c1. The van der Waals surface area contributed by atoms with Gasteiger partial charge in [0.1, 0.15) is 11.9 Å². The second kappa shape index (κ2) is 8.63. The molecule has 0 saturated carbocycles. The molecule has 1 N–H and O–H groups in total. The van der Waals surface area contributed by atoms with Crippen LogP contribution >= 0.6 is 0 Å². The molecule has 1 heterocycles. The number of nitrogens with zero attached hydrogens (tertiary/aromatic N) is 3. The summed E-state index contributed by atoms with van der Waals surface area (Å²) in [4.78, 5) is 19.0. The maximum absolute atomic E-state index is 12.9. The molecule has 0 fully saturated rings. The van der Waals surface area contributed by atoms with Gasteiger partial charge in [0.2, 0.25) is 0 Å². The van der Waals surface area contributed by atoms with E-state index in [-0.39, 0.29) is 5.91 Å². The quantitative estimate of drug-likeness (QED) is 0.712. The van der Waals surface area contributed by atoms with Gasteiger partial charge >= 0.3 is 0 Å². The Morgan fingerprint density at radius 2 is 1.85 bits per heavy atom. The smallest absolute Gasteiger partial charge is 0.254 e. The largest absolute Gasteiger partial charge is 0.339 e. The van der Waals surface area contributed by atoms with E-state index in [0.717, 1.165) is 5.56 Å². The van der Waals surface area contributed by atoms with Crippen molar-refractivity contribution in [3.05, 3.63) is 89.6 Å². The van der Waals surface area contributed by atoms with Gasteiger partial charge < -0.3 is 10.2 Å². The highest BCUT2D eigenvalue weighted by Crippen LogP contribution is 2.20. The summed E-state index contributed by atoms with van der Waals surface area (Å²) in [6.07, 6.45) is 1.60. The third-order valence-electron chi connectivity index (χ3n) is 4.20. The third-order valence-corrected chi connectivity index (χ3v) is 4.20. The number of carbonyl (C=O) groups is 1. The van der Waals surface area contributed by atoms with Gasteiger partial charge in [0.05, 0.1) is 11.3 Å². The second-order valence-electron chi connectivity index (χ2n) is 6.02. The van der Waals surface area contributed by atoms with Crippen molar-refractivity contribution < 1.29 is 4.79 Å². The second-order valence-corrected chi connectivity index (χ2v) is 6.02. The summed E-state index contributed by atoms with van der Waals surface area (Å²) in [5.41, 5.74) is 2.83. The Morgan fingerprint density at radius 3 is 2.59 bits per heavy atom. The first-order valence-corrected chi connectivity index (χ1v) is 8.76. The van der Waals surface area contributed by atoms with E-state index >= 15 is 0 Å². The van der Waals surface area contributed by atoms with E-state index in [2.05, 4.69) is 16.4 Å². The van der Waals surface area contributed by atoms with Crippen LogP contribution < -0.4 is 5.32 Å². The van der Waals surface area contributed by atoms with Crippen LogP contribution in [0.3, 0.4) is 0 Å². The molecule has 0 aliphatic rings. The van der Waals surface area contributed by atoms with Gasteiger partial charge in [-0.05, 0) is 36.8 Å². The maximum atomic E-state index is 12.9. The van der Waals surface area contributed by atoms with Gasteiger partial charge in [0, 0.05) is 24.8 Å². The van der Waals surface area contributed by atoms with Crippen LogP contribution in [0.15, 0.2) is 72.9 Å². The molecule has 1 amide bonds. The topological polar surface area (TPSA) is 69.0 Å². The van der Waals surface area contributed by atoms with Crippen LogP contribution in [0.5, 0.6) is 0 Å². The first-order chi connectivity index (χ1) is 13.2. The van der Waals surface area contributed by atoms with E-state index in [1.54, 1.807) is 35.4 Å². The molecule has 134 valence electrons. The molecule has 0 unspecified atom stereocenters. The van der Waals surface area contributed by atoms with Crippen molar-refractivity contribution in [2.75, 3.05) is 11.9 Å². The fourth-order valence-corrected chi connectivity index (χ4v) is 2.77. The van der Waals surface area contributed by atoms with Crippen molar-refractivity contribution in [1.29, 1.82) is 5.26 Å². The predicted octanol–water partition coefficient (Wildman–Crippen LogP) is 4.36. The van der Waals surface area contributed by atoms with Crippen LogP contribution in [0.4, 0.5) is 11.5 Å². The average Bonchev–Trinajstić information content (AvgIpc) is 2.73. The van der Waals surface area contributed by atoms with Crippen LogP contribution in [0.2, 0.25) is 0 Å². The van der Waals surface area contributed by atoms with Crippen LogP contribution in [-0.4, -0.2) is 22.3 Å². The summed E-state index contributed by atoms with van der Waals surface area (Å²) >= 11 is 0. The van der Waals surface area contributed by atoms with Crippen LogP contribution in [0.25, 0.3) is 0 Å². The van der Waals surface area contributed by atoms with Crippen LogP contribution in [-0.2, 0) is 6.54 Å². The Kier molecular flexibility index (Phi) is 5.80. The Labute approximate surface area is 158 Å². The molecule has 0 radical (unpaired) electrons. The third kappa shape index (κ3) is 4.50. The minimum Gasteiger partial charge on any atom is -0.339 e. The zero-order valence-corrected chi connectivity index (χ0v) is 15.1. The van der Waals surface area contributed by atoms with Gasteiger partial charge in [0.15, 0.2) is 0 Å². The van der Waals surface area contributed by atoms with Gasteiger partial charge in [-0.15, -0.1) is 0 Å². The zero-order chi connectivity index (χ0) is 19.1. The summed E-state index contributed by atoms with van der Waals surface area (Å²) in [6, 6.07) is 22.7. The summed E-state index contributed by atoms with van der Waals surface area (Å²) in [5, 5.41) is 12.3. The minimum atomic E-state index is -0.0552. The highest BCUT2D eigenvalue weighted by molar-refractivity contribution is 5.95. The number of aromatic nitrogens is 1. The van der Waals surface area contributed by atoms with E-state index in [4.69, 9.17) is 0 Å². The highest BCUT2D eigenvalue weighted by Gasteiger charge is 2.15. The Hall–Kier alpha value is -3.65. The van der Waals surface area contributed by atoms with Gasteiger partial charge in [-0.25, -0.2) is 4.98 Å². The van der Waals surface area contributed by atoms with Crippen molar-refractivity contribution in [2.45, 2.75) is 13.5 Å². The normalized spacial score (nSPS) is 10.1. The lowest BCUT2D eigenvalue weighted by atomic mass is 10.1. The van der Waals surface area contributed by atoms with E-state index < -0.39 is 0 Å². The number of benzene rings is 2. The Bertz CT molecular complexity index is 963. The molecule has 27 heavy (non-hydrogen) atoms. The van der Waals surface area contributed by atoms with Gasteiger partial charge in [0.25, 0.3) is 5.91 Å². The molecule has 0 aliphatic carbocycles. The summed E-state index contributed by atoms with van der Waals surface area (Å²) < 4.78 is 0. The number of nitriles is 1. The van der Waals surface area contributed by atoms with Crippen molar-refractivity contribution in [3.63, 3.8) is 0 Å². The van der Waals surface area contributed by atoms with E-state index in [1.807, 2.05) is 49.4 Å². The molecule has 3 rings (SSSR count). The number of para-hydroxylation sites is 1. The monoisotopic (exact) mass is 356 g/mol. The molecule has 0 saturated heterocycles. The number of hydrogen-bond donors (Lipinski definition) is 1. The summed E-state index contributed by atoms with van der Waals surface area (Å²) in [5.74, 6) is 0.472. The molecule has 0 spiro atoms. The number of pyridine rings is 1. The van der Waals surface area contributed by atoms with Crippen LogP contribution in [0.1, 0.15) is 28.4 Å². The van der Waals surface area contributed by atoms with E-state index in [0.29, 0.717) is 35.7 Å². The Morgan fingerprint density at radius 1 is 1.11 bits per heavy atom. The highest BCUT2D eigenvalue weighted by atomic mass is 16.2. The number of hydrogen-bond acceptors (Lipinski definition) is 4. The number of rotatable bonds is 6. The summed E-state index contributed by atoms with van der Waals surface area (Å²) in [7, 11) is 0. The molecule has 0 aliphatic heterocycles. The van der Waals surface area contributed by atoms with Crippen LogP contribution in [0, 0.1) is 11.3 Å². The predicted molar refractivity (Wildman–Crippen MR) is 106 cm³/mol. The number of carbonyl (C=O) groups excluding carboxylic acids is 1. The molecule has 0 bridgehead atoms.